The van der Waals surface area contributed by atoms with E-state index in [1.807, 2.05) is 6.08 Å². The Balaban J connectivity index is 2.06. The molecule has 0 aliphatic carbocycles. The lowest BCUT2D eigenvalue weighted by Gasteiger charge is -2.40. The molecule has 1 amide bonds. The van der Waals surface area contributed by atoms with E-state index in [2.05, 4.69) is 55.6 Å². The van der Waals surface area contributed by atoms with E-state index in [0.717, 1.165) is 70.6 Å². The first-order valence-electron chi connectivity index (χ1n) is 28.9. The number of aliphatic hydroxyl groups excluding tert-OH is 5. The molecule has 0 bridgehead atoms. The molecule has 7 unspecified atom stereocenters. The molecule has 0 radical (unpaired) electrons. The first-order valence-corrected chi connectivity index (χ1v) is 28.9. The van der Waals surface area contributed by atoms with Gasteiger partial charge in [0.1, 0.15) is 24.4 Å². The lowest BCUT2D eigenvalue weighted by molar-refractivity contribution is -0.302. The van der Waals surface area contributed by atoms with Crippen LogP contribution in [0.5, 0.6) is 0 Å². The van der Waals surface area contributed by atoms with E-state index in [9.17, 15) is 35.1 Å². The maximum Gasteiger partial charge on any atom is 0.305 e. The van der Waals surface area contributed by atoms with E-state index in [1.165, 1.54) is 154 Å². The van der Waals surface area contributed by atoms with Gasteiger partial charge in [-0.25, -0.2) is 0 Å². The molecule has 1 fully saturated rings. The van der Waals surface area contributed by atoms with Crippen LogP contribution in [0.2, 0.25) is 0 Å². The van der Waals surface area contributed by atoms with Crippen molar-refractivity contribution in [2.75, 3.05) is 19.8 Å². The van der Waals surface area contributed by atoms with E-state index < -0.39 is 49.5 Å². The van der Waals surface area contributed by atoms with Gasteiger partial charge in [0.25, 0.3) is 0 Å². The number of aliphatic hydroxyl groups is 5. The van der Waals surface area contributed by atoms with Crippen molar-refractivity contribution in [1.29, 1.82) is 0 Å². The highest BCUT2D eigenvalue weighted by Gasteiger charge is 2.44. The standard InChI is InChI=1S/C59H107NO10/c1-3-5-7-9-11-13-14-27-31-35-39-43-47-55(64)68-48-44-40-36-32-28-25-23-21-19-17-15-16-18-20-22-24-26-30-34-38-42-46-54(63)60-51(52(62)45-41-37-33-29-12-10-8-6-4-2)50-69-59-58(67)57(66)56(65)53(49-61)70-59/h11,13,25,28,36,40-41,45,51-53,56-59,61-62,65-67H,3-10,12,14-24,26-27,29-35,37-39,42-44,46-50H2,1-2H3,(H,60,63)/b13-11-,28-25-,40-36-,45-41+. The van der Waals surface area contributed by atoms with Gasteiger partial charge >= 0.3 is 5.97 Å². The van der Waals surface area contributed by atoms with Crippen molar-refractivity contribution in [3.8, 4) is 0 Å². The zero-order valence-electron chi connectivity index (χ0n) is 44.7. The van der Waals surface area contributed by atoms with E-state index in [4.69, 9.17) is 14.2 Å². The Kier molecular flexibility index (Phi) is 45.8. The quantitative estimate of drug-likeness (QED) is 0.0196. The smallest absolute Gasteiger partial charge is 0.305 e. The van der Waals surface area contributed by atoms with Gasteiger partial charge in [0.2, 0.25) is 5.91 Å². The Bertz CT molecular complexity index is 1300. The molecule has 1 aliphatic heterocycles. The monoisotopic (exact) mass is 990 g/mol. The fourth-order valence-electron chi connectivity index (χ4n) is 8.80. The van der Waals surface area contributed by atoms with Crippen LogP contribution >= 0.6 is 0 Å². The minimum absolute atomic E-state index is 0.0593. The molecule has 0 saturated carbocycles. The van der Waals surface area contributed by atoms with Crippen LogP contribution in [0.3, 0.4) is 0 Å². The van der Waals surface area contributed by atoms with Crippen LogP contribution in [0.15, 0.2) is 48.6 Å². The van der Waals surface area contributed by atoms with Crippen molar-refractivity contribution < 1.29 is 49.3 Å². The molecule has 0 spiro atoms. The minimum atomic E-state index is -1.57. The number of esters is 1. The maximum atomic E-state index is 13.0. The molecule has 70 heavy (non-hydrogen) atoms. The summed E-state index contributed by atoms with van der Waals surface area (Å²) < 4.78 is 16.6. The van der Waals surface area contributed by atoms with Gasteiger partial charge in [-0.2, -0.15) is 0 Å². The van der Waals surface area contributed by atoms with Crippen LogP contribution in [0.25, 0.3) is 0 Å². The highest BCUT2D eigenvalue weighted by Crippen LogP contribution is 2.23. The normalized spacial score (nSPS) is 19.6. The van der Waals surface area contributed by atoms with E-state index >= 15 is 0 Å². The second-order valence-corrected chi connectivity index (χ2v) is 20.0. The summed E-state index contributed by atoms with van der Waals surface area (Å²) in [7, 11) is 0. The molecule has 1 aliphatic rings. The predicted molar refractivity (Wildman–Crippen MR) is 287 cm³/mol. The molecule has 1 saturated heterocycles. The Morgan fingerprint density at radius 1 is 0.529 bits per heavy atom. The van der Waals surface area contributed by atoms with E-state index in [-0.39, 0.29) is 18.5 Å². The SMILES string of the molecule is CCCCC/C=C\CCCCCCCC(=O)OCC/C=C\C/C=C\CCCCCCCCCCCCCCCCC(=O)NC(COC1OC(CO)C(O)C(O)C1O)C(O)/C=C/CCCCCCCCC. The first kappa shape index (κ1) is 65.6. The molecule has 1 heterocycles. The molecular formula is C59H107NO10. The molecular weight excluding hydrogens is 883 g/mol. The zero-order chi connectivity index (χ0) is 51.0. The fraction of sp³-hybridized carbons (Fsp3) is 0.831. The van der Waals surface area contributed by atoms with Gasteiger partial charge in [-0.15, -0.1) is 0 Å². The van der Waals surface area contributed by atoms with Gasteiger partial charge in [0.15, 0.2) is 6.29 Å². The van der Waals surface area contributed by atoms with E-state index in [1.54, 1.807) is 6.08 Å². The van der Waals surface area contributed by atoms with Crippen LogP contribution in [0.4, 0.5) is 0 Å². The van der Waals surface area contributed by atoms with Crippen molar-refractivity contribution >= 4 is 11.9 Å². The summed E-state index contributed by atoms with van der Waals surface area (Å²) in [5.74, 6) is -0.249. The zero-order valence-corrected chi connectivity index (χ0v) is 44.7. The van der Waals surface area contributed by atoms with Crippen LogP contribution in [-0.2, 0) is 23.8 Å². The van der Waals surface area contributed by atoms with Gasteiger partial charge in [-0.1, -0.05) is 210 Å². The third kappa shape index (κ3) is 38.3. The number of carbonyl (C=O) groups is 2. The molecule has 7 atom stereocenters. The summed E-state index contributed by atoms with van der Waals surface area (Å²) in [6.07, 6.45) is 50.8. The average Bonchev–Trinajstić information content (AvgIpc) is 3.36. The summed E-state index contributed by atoms with van der Waals surface area (Å²) in [4.78, 5) is 25.0. The number of nitrogens with one attached hydrogen (secondary N) is 1. The van der Waals surface area contributed by atoms with Crippen molar-refractivity contribution in [3.63, 3.8) is 0 Å². The highest BCUT2D eigenvalue weighted by molar-refractivity contribution is 5.76. The summed E-state index contributed by atoms with van der Waals surface area (Å²) >= 11 is 0. The largest absolute Gasteiger partial charge is 0.465 e. The number of amides is 1. The fourth-order valence-corrected chi connectivity index (χ4v) is 8.80. The molecule has 11 heteroatoms. The Labute approximate surface area is 427 Å². The maximum absolute atomic E-state index is 13.0. The molecule has 11 nitrogen and oxygen atoms in total. The van der Waals surface area contributed by atoms with Crippen molar-refractivity contribution in [2.45, 2.75) is 294 Å². The van der Waals surface area contributed by atoms with Gasteiger partial charge in [-0.05, 0) is 77.0 Å². The van der Waals surface area contributed by atoms with Crippen LogP contribution < -0.4 is 5.32 Å². The van der Waals surface area contributed by atoms with E-state index in [0.29, 0.717) is 19.4 Å². The lowest BCUT2D eigenvalue weighted by atomic mass is 9.99. The summed E-state index contributed by atoms with van der Waals surface area (Å²) in [6.45, 7) is 4.17. The van der Waals surface area contributed by atoms with Crippen molar-refractivity contribution in [1.82, 2.24) is 5.32 Å². The topological polar surface area (TPSA) is 175 Å². The van der Waals surface area contributed by atoms with Gasteiger partial charge in [0, 0.05) is 12.8 Å². The van der Waals surface area contributed by atoms with Gasteiger partial charge in [-0.3, -0.25) is 9.59 Å². The molecule has 6 N–H and O–H groups in total. The summed E-state index contributed by atoms with van der Waals surface area (Å²) in [5, 5.41) is 54.2. The minimum Gasteiger partial charge on any atom is -0.465 e. The summed E-state index contributed by atoms with van der Waals surface area (Å²) in [6, 6.07) is -0.813. The third-order valence-corrected chi connectivity index (χ3v) is 13.4. The number of carbonyl (C=O) groups excluding carboxylic acids is 2. The van der Waals surface area contributed by atoms with Gasteiger partial charge in [0.05, 0.1) is 32.0 Å². The number of ether oxygens (including phenoxy) is 3. The average molecular weight is 991 g/mol. The molecule has 0 aromatic rings. The number of hydrogen-bond acceptors (Lipinski definition) is 10. The van der Waals surface area contributed by atoms with Gasteiger partial charge < -0.3 is 45.1 Å². The Morgan fingerprint density at radius 2 is 0.957 bits per heavy atom. The Morgan fingerprint density at radius 3 is 1.49 bits per heavy atom. The second-order valence-electron chi connectivity index (χ2n) is 20.0. The van der Waals surface area contributed by atoms with Crippen LogP contribution in [-0.4, -0.2) is 100 Å². The predicted octanol–water partition coefficient (Wildman–Crippen LogP) is 12.9. The number of allylic oxidation sites excluding steroid dienone is 6. The highest BCUT2D eigenvalue weighted by atomic mass is 16.7. The van der Waals surface area contributed by atoms with Crippen molar-refractivity contribution in [2.24, 2.45) is 0 Å². The van der Waals surface area contributed by atoms with Crippen LogP contribution in [0, 0.1) is 0 Å². The molecule has 0 aromatic heterocycles. The summed E-state index contributed by atoms with van der Waals surface area (Å²) in [5.41, 5.74) is 0. The lowest BCUT2D eigenvalue weighted by Crippen LogP contribution is -2.60. The molecule has 1 rings (SSSR count). The number of rotatable bonds is 49. The van der Waals surface area contributed by atoms with Crippen LogP contribution in [0.1, 0.15) is 251 Å². The third-order valence-electron chi connectivity index (χ3n) is 13.4. The number of hydrogen-bond donors (Lipinski definition) is 6. The molecule has 408 valence electrons. The second kappa shape index (κ2) is 48.9. The molecule has 0 aromatic carbocycles. The van der Waals surface area contributed by atoms with Crippen molar-refractivity contribution in [3.05, 3.63) is 48.6 Å². The Hall–Kier alpha value is -2.38. The number of unbranched alkanes of at least 4 members (excludes halogenated alkanes) is 29. The first-order chi connectivity index (χ1) is 34.2.